The molecule has 0 bridgehead atoms. The summed E-state index contributed by atoms with van der Waals surface area (Å²) in [7, 11) is 0. The average Bonchev–Trinajstić information content (AvgIpc) is 2.84. The van der Waals surface area contributed by atoms with Gasteiger partial charge in [-0.1, -0.05) is 45.0 Å². The number of nitrogens with one attached hydrogen (secondary N) is 1. The first kappa shape index (κ1) is 13.7. The number of rotatable bonds is 6. The smallest absolute Gasteiger partial charge is 0.203 e. The van der Waals surface area contributed by atoms with Crippen molar-refractivity contribution in [3.05, 3.63) is 47.8 Å². The van der Waals surface area contributed by atoms with E-state index < -0.39 is 0 Å². The van der Waals surface area contributed by atoms with E-state index in [9.17, 15) is 0 Å². The van der Waals surface area contributed by atoms with E-state index in [1.807, 2.05) is 12.4 Å². The number of imidazole rings is 1. The monoisotopic (exact) mass is 257 g/mol. The molecule has 19 heavy (non-hydrogen) atoms. The van der Waals surface area contributed by atoms with Crippen molar-refractivity contribution >= 4 is 5.95 Å². The highest BCUT2D eigenvalue weighted by Gasteiger charge is 2.03. The van der Waals surface area contributed by atoms with E-state index in [1.54, 1.807) is 0 Å². The lowest BCUT2D eigenvalue weighted by molar-refractivity contribution is 0.790. The fourth-order valence-electron chi connectivity index (χ4n) is 2.05. The molecule has 0 saturated heterocycles. The van der Waals surface area contributed by atoms with Gasteiger partial charge in [-0.15, -0.1) is 0 Å². The average molecular weight is 257 g/mol. The zero-order valence-corrected chi connectivity index (χ0v) is 12.1. The molecule has 0 aliphatic carbocycles. The summed E-state index contributed by atoms with van der Waals surface area (Å²) in [5, 5.41) is 3.34. The minimum Gasteiger partial charge on any atom is -0.356 e. The summed E-state index contributed by atoms with van der Waals surface area (Å²) >= 11 is 0. The first-order valence-electron chi connectivity index (χ1n) is 7.04. The molecule has 0 atom stereocenters. The van der Waals surface area contributed by atoms with Crippen LogP contribution in [0.15, 0.2) is 36.7 Å². The van der Waals surface area contributed by atoms with Crippen molar-refractivity contribution in [1.29, 1.82) is 0 Å². The minimum atomic E-state index is 0.587. The van der Waals surface area contributed by atoms with Gasteiger partial charge < -0.3 is 9.88 Å². The zero-order valence-electron chi connectivity index (χ0n) is 12.1. The second-order valence-electron chi connectivity index (χ2n) is 5.20. The second-order valence-corrected chi connectivity index (χ2v) is 5.20. The van der Waals surface area contributed by atoms with Crippen LogP contribution in [0, 0.1) is 0 Å². The third-order valence-corrected chi connectivity index (χ3v) is 3.25. The Kier molecular flexibility index (Phi) is 4.61. The van der Waals surface area contributed by atoms with Gasteiger partial charge in [0, 0.05) is 18.9 Å². The van der Waals surface area contributed by atoms with Gasteiger partial charge in [0.15, 0.2) is 0 Å². The van der Waals surface area contributed by atoms with Crippen molar-refractivity contribution in [3.8, 4) is 0 Å². The van der Waals surface area contributed by atoms with Crippen LogP contribution in [-0.2, 0) is 6.54 Å². The molecule has 0 aliphatic heterocycles. The lowest BCUT2D eigenvalue weighted by Gasteiger charge is -2.10. The molecule has 0 unspecified atom stereocenters. The lowest BCUT2D eigenvalue weighted by atomic mass is 10.0. The topological polar surface area (TPSA) is 29.9 Å². The first-order valence-corrected chi connectivity index (χ1v) is 7.04. The van der Waals surface area contributed by atoms with Crippen LogP contribution < -0.4 is 5.32 Å². The van der Waals surface area contributed by atoms with Crippen molar-refractivity contribution < 1.29 is 0 Å². The summed E-state index contributed by atoms with van der Waals surface area (Å²) in [6.45, 7) is 8.42. The van der Waals surface area contributed by atoms with Gasteiger partial charge in [0.05, 0.1) is 6.54 Å². The Balaban J connectivity index is 2.06. The summed E-state index contributed by atoms with van der Waals surface area (Å²) < 4.78 is 2.15. The molecule has 1 heterocycles. The molecule has 2 rings (SSSR count). The summed E-state index contributed by atoms with van der Waals surface area (Å²) in [4.78, 5) is 4.35. The van der Waals surface area contributed by atoms with Crippen LogP contribution in [-0.4, -0.2) is 16.1 Å². The lowest BCUT2D eigenvalue weighted by Crippen LogP contribution is -2.08. The van der Waals surface area contributed by atoms with Crippen LogP contribution >= 0.6 is 0 Å². The molecular formula is C16H23N3. The number of hydrogen-bond acceptors (Lipinski definition) is 2. The highest BCUT2D eigenvalue weighted by Crippen LogP contribution is 2.16. The van der Waals surface area contributed by atoms with Crippen molar-refractivity contribution in [2.45, 2.75) is 39.7 Å². The second kappa shape index (κ2) is 6.41. The van der Waals surface area contributed by atoms with Gasteiger partial charge in [-0.2, -0.15) is 0 Å². The Bertz CT molecular complexity index is 497. The van der Waals surface area contributed by atoms with Gasteiger partial charge in [-0.3, -0.25) is 0 Å². The molecule has 0 fully saturated rings. The van der Waals surface area contributed by atoms with Crippen LogP contribution in [0.5, 0.6) is 0 Å². The maximum Gasteiger partial charge on any atom is 0.203 e. The molecule has 3 nitrogen and oxygen atoms in total. The summed E-state index contributed by atoms with van der Waals surface area (Å²) in [6.07, 6.45) is 4.98. The molecule has 1 aromatic heterocycles. The zero-order chi connectivity index (χ0) is 13.7. The molecule has 0 aliphatic rings. The quantitative estimate of drug-likeness (QED) is 0.851. The van der Waals surface area contributed by atoms with E-state index in [1.165, 1.54) is 11.1 Å². The number of benzene rings is 1. The Labute approximate surface area is 115 Å². The van der Waals surface area contributed by atoms with Crippen LogP contribution in [0.4, 0.5) is 5.95 Å². The highest BCUT2D eigenvalue weighted by molar-refractivity contribution is 5.29. The highest BCUT2D eigenvalue weighted by atomic mass is 15.2. The van der Waals surface area contributed by atoms with E-state index in [4.69, 9.17) is 0 Å². The van der Waals surface area contributed by atoms with E-state index in [0.717, 1.165) is 25.5 Å². The van der Waals surface area contributed by atoms with E-state index in [2.05, 4.69) is 59.9 Å². The van der Waals surface area contributed by atoms with Gasteiger partial charge in [-0.05, 0) is 23.5 Å². The molecule has 0 spiro atoms. The largest absolute Gasteiger partial charge is 0.356 e. The van der Waals surface area contributed by atoms with Crippen LogP contribution in [0.25, 0.3) is 0 Å². The molecule has 1 aromatic carbocycles. The van der Waals surface area contributed by atoms with Crippen molar-refractivity contribution in [2.24, 2.45) is 0 Å². The number of nitrogens with zero attached hydrogens (tertiary/aromatic N) is 2. The first-order chi connectivity index (χ1) is 9.20. The van der Waals surface area contributed by atoms with Gasteiger partial charge in [0.1, 0.15) is 0 Å². The molecule has 2 aromatic rings. The minimum absolute atomic E-state index is 0.587. The van der Waals surface area contributed by atoms with E-state index in [-0.39, 0.29) is 0 Å². The fourth-order valence-corrected chi connectivity index (χ4v) is 2.05. The van der Waals surface area contributed by atoms with Crippen LogP contribution in [0.2, 0.25) is 0 Å². The Morgan fingerprint density at radius 2 is 1.95 bits per heavy atom. The van der Waals surface area contributed by atoms with Crippen molar-refractivity contribution in [2.75, 3.05) is 11.9 Å². The molecular weight excluding hydrogens is 234 g/mol. The third-order valence-electron chi connectivity index (χ3n) is 3.25. The fraction of sp³-hybridized carbons (Fsp3) is 0.438. The van der Waals surface area contributed by atoms with Crippen molar-refractivity contribution in [1.82, 2.24) is 9.55 Å². The Morgan fingerprint density at radius 1 is 1.21 bits per heavy atom. The predicted molar refractivity (Wildman–Crippen MR) is 80.6 cm³/mol. The molecule has 0 radical (unpaired) electrons. The van der Waals surface area contributed by atoms with Gasteiger partial charge in [0.2, 0.25) is 5.95 Å². The summed E-state index contributed by atoms with van der Waals surface area (Å²) in [6, 6.07) is 8.85. The standard InChI is InChI=1S/C16H23N3/c1-4-9-17-16-18-10-11-19(16)12-14-5-7-15(8-6-14)13(2)3/h5-8,10-11,13H,4,9,12H2,1-3H3,(H,17,18). The maximum absolute atomic E-state index is 4.35. The molecule has 1 N–H and O–H groups in total. The van der Waals surface area contributed by atoms with Gasteiger partial charge in [-0.25, -0.2) is 4.98 Å². The molecule has 0 amide bonds. The van der Waals surface area contributed by atoms with Gasteiger partial charge in [0.25, 0.3) is 0 Å². The number of hydrogen-bond donors (Lipinski definition) is 1. The number of aromatic nitrogens is 2. The van der Waals surface area contributed by atoms with Gasteiger partial charge >= 0.3 is 0 Å². The van der Waals surface area contributed by atoms with Crippen LogP contribution in [0.3, 0.4) is 0 Å². The predicted octanol–water partition coefficient (Wildman–Crippen LogP) is 3.88. The molecule has 3 heteroatoms. The Hall–Kier alpha value is -1.77. The molecule has 102 valence electrons. The van der Waals surface area contributed by atoms with Crippen molar-refractivity contribution in [3.63, 3.8) is 0 Å². The summed E-state index contributed by atoms with van der Waals surface area (Å²) in [5.74, 6) is 1.54. The maximum atomic E-state index is 4.35. The van der Waals surface area contributed by atoms with E-state index >= 15 is 0 Å². The van der Waals surface area contributed by atoms with Crippen LogP contribution in [0.1, 0.15) is 44.2 Å². The Morgan fingerprint density at radius 3 is 2.58 bits per heavy atom. The number of anilines is 1. The third kappa shape index (κ3) is 3.60. The molecule has 0 saturated carbocycles. The van der Waals surface area contributed by atoms with E-state index in [0.29, 0.717) is 5.92 Å². The normalized spacial score (nSPS) is 10.9. The SMILES string of the molecule is CCCNc1nccn1Cc1ccc(C(C)C)cc1. The summed E-state index contributed by atoms with van der Waals surface area (Å²) in [5.41, 5.74) is 2.70.